The van der Waals surface area contributed by atoms with Crippen molar-refractivity contribution < 1.29 is 24.2 Å². The molecule has 0 bridgehead atoms. The van der Waals surface area contributed by atoms with Gasteiger partial charge in [0.15, 0.2) is 0 Å². The molecule has 2 aliphatic heterocycles. The van der Waals surface area contributed by atoms with Crippen LogP contribution in [0.4, 0.5) is 4.79 Å². The number of amides is 3. The van der Waals surface area contributed by atoms with Crippen molar-refractivity contribution in [3.63, 3.8) is 0 Å². The van der Waals surface area contributed by atoms with Crippen molar-refractivity contribution in [3.05, 3.63) is 28.8 Å². The summed E-state index contributed by atoms with van der Waals surface area (Å²) < 4.78 is 5.42. The lowest BCUT2D eigenvalue weighted by atomic mass is 9.71. The minimum Gasteiger partial charge on any atom is -0.507 e. The summed E-state index contributed by atoms with van der Waals surface area (Å²) in [6, 6.07) is 3.49. The van der Waals surface area contributed by atoms with Crippen LogP contribution in [0.2, 0.25) is 0 Å². The van der Waals surface area contributed by atoms with Crippen molar-refractivity contribution >= 4 is 17.9 Å². The lowest BCUT2D eigenvalue weighted by molar-refractivity contribution is -0.145. The third-order valence-electron chi connectivity index (χ3n) is 7.39. The molecule has 38 heavy (non-hydrogen) atoms. The van der Waals surface area contributed by atoms with Gasteiger partial charge in [-0.2, -0.15) is 0 Å². The number of phenolic OH excluding ortho intramolecular Hbond substituents is 1. The number of piperidine rings is 1. The number of esters is 1. The van der Waals surface area contributed by atoms with E-state index in [1.54, 1.807) is 0 Å². The standard InChI is InChI=1S/C30H47N3O5/c1-26(2,3)20-15-19(16-21(23(20)35)27(4,5)6)11-12-22(34)38-14-13-33-24(36)30(31-25(33)37)17-28(7,8)32-29(9,10)18-30/h15-16,32,35H,11-14,17-18H2,1-10H3,(H,31,37). The smallest absolute Gasteiger partial charge is 0.325 e. The average Bonchev–Trinajstić information content (AvgIpc) is 2.91. The molecule has 1 spiro atoms. The first-order valence-electron chi connectivity index (χ1n) is 13.6. The molecule has 212 valence electrons. The molecule has 0 atom stereocenters. The molecule has 3 rings (SSSR count). The number of ether oxygens (including phenoxy) is 1. The van der Waals surface area contributed by atoms with Crippen molar-refractivity contribution in [2.24, 2.45) is 0 Å². The van der Waals surface area contributed by atoms with Gasteiger partial charge < -0.3 is 20.5 Å². The zero-order valence-corrected chi connectivity index (χ0v) is 24.9. The fourth-order valence-electron chi connectivity index (χ4n) is 6.25. The van der Waals surface area contributed by atoms with E-state index in [-0.39, 0.29) is 47.4 Å². The number of rotatable bonds is 6. The van der Waals surface area contributed by atoms with E-state index >= 15 is 0 Å². The van der Waals surface area contributed by atoms with Gasteiger partial charge in [-0.05, 0) is 74.5 Å². The highest BCUT2D eigenvalue weighted by atomic mass is 16.5. The number of nitrogens with one attached hydrogen (secondary N) is 2. The van der Waals surface area contributed by atoms with Gasteiger partial charge in [-0.1, -0.05) is 53.7 Å². The molecule has 1 aromatic rings. The number of aryl methyl sites for hydroxylation is 1. The van der Waals surface area contributed by atoms with Crippen LogP contribution >= 0.6 is 0 Å². The van der Waals surface area contributed by atoms with E-state index in [2.05, 4.69) is 52.2 Å². The number of aromatic hydroxyl groups is 1. The van der Waals surface area contributed by atoms with Gasteiger partial charge in [0.05, 0.1) is 6.54 Å². The predicted octanol–water partition coefficient (Wildman–Crippen LogP) is 4.69. The van der Waals surface area contributed by atoms with E-state index in [0.29, 0.717) is 25.0 Å². The number of imide groups is 1. The number of urea groups is 1. The number of nitrogens with zero attached hydrogens (tertiary/aromatic N) is 1. The van der Waals surface area contributed by atoms with E-state index in [0.717, 1.165) is 16.7 Å². The topological polar surface area (TPSA) is 108 Å². The first-order chi connectivity index (χ1) is 17.2. The SMILES string of the molecule is CC1(C)CC2(CC(C)(C)N1)NC(=O)N(CCOC(=O)CCc1cc(C(C)(C)C)c(O)c(C(C)(C)C)c1)C2=O. The first-order valence-corrected chi connectivity index (χ1v) is 13.6. The Balaban J connectivity index is 1.61. The van der Waals surface area contributed by atoms with Gasteiger partial charge in [0.1, 0.15) is 17.9 Å². The number of carbonyl (C=O) groups is 3. The first kappa shape index (κ1) is 29.9. The van der Waals surface area contributed by atoms with Gasteiger partial charge in [0, 0.05) is 17.5 Å². The zero-order chi connectivity index (χ0) is 28.9. The van der Waals surface area contributed by atoms with Gasteiger partial charge in [0.2, 0.25) is 0 Å². The predicted molar refractivity (Wildman–Crippen MR) is 148 cm³/mol. The van der Waals surface area contributed by atoms with Crippen LogP contribution in [-0.4, -0.2) is 57.7 Å². The molecule has 2 aliphatic rings. The van der Waals surface area contributed by atoms with Crippen molar-refractivity contribution in [2.75, 3.05) is 13.2 Å². The molecule has 2 fully saturated rings. The number of benzene rings is 1. The molecule has 3 amide bonds. The molecule has 0 aromatic heterocycles. The Morgan fingerprint density at radius 2 is 1.47 bits per heavy atom. The third kappa shape index (κ3) is 6.50. The molecule has 0 aliphatic carbocycles. The van der Waals surface area contributed by atoms with E-state index in [1.807, 2.05) is 39.8 Å². The van der Waals surface area contributed by atoms with Crippen LogP contribution in [0.1, 0.15) is 105 Å². The third-order valence-corrected chi connectivity index (χ3v) is 7.39. The number of phenols is 1. The van der Waals surface area contributed by atoms with Crippen LogP contribution in [0.15, 0.2) is 12.1 Å². The Kier molecular flexibility index (Phi) is 7.76. The maximum absolute atomic E-state index is 13.4. The van der Waals surface area contributed by atoms with Gasteiger partial charge in [-0.25, -0.2) is 4.79 Å². The van der Waals surface area contributed by atoms with Crippen LogP contribution in [0.3, 0.4) is 0 Å². The Bertz CT molecular complexity index is 1060. The quantitative estimate of drug-likeness (QED) is 0.364. The average molecular weight is 530 g/mol. The summed E-state index contributed by atoms with van der Waals surface area (Å²) in [4.78, 5) is 39.8. The van der Waals surface area contributed by atoms with E-state index in [9.17, 15) is 19.5 Å². The van der Waals surface area contributed by atoms with Crippen LogP contribution in [0.5, 0.6) is 5.75 Å². The second-order valence-corrected chi connectivity index (χ2v) is 14.5. The van der Waals surface area contributed by atoms with Crippen molar-refractivity contribution in [1.82, 2.24) is 15.5 Å². The summed E-state index contributed by atoms with van der Waals surface area (Å²) >= 11 is 0. The highest BCUT2D eigenvalue weighted by molar-refractivity contribution is 6.07. The zero-order valence-electron chi connectivity index (χ0n) is 24.9. The van der Waals surface area contributed by atoms with Gasteiger partial charge in [-0.15, -0.1) is 0 Å². The molecule has 2 saturated heterocycles. The second-order valence-electron chi connectivity index (χ2n) is 14.5. The van der Waals surface area contributed by atoms with Gasteiger partial charge in [0.25, 0.3) is 5.91 Å². The van der Waals surface area contributed by atoms with Gasteiger partial charge >= 0.3 is 12.0 Å². The lowest BCUT2D eigenvalue weighted by Gasteiger charge is -2.50. The molecule has 8 nitrogen and oxygen atoms in total. The molecular formula is C30H47N3O5. The normalized spacial score (nSPS) is 20.5. The fourth-order valence-corrected chi connectivity index (χ4v) is 6.25. The lowest BCUT2D eigenvalue weighted by Crippen LogP contribution is -2.68. The molecule has 1 aromatic carbocycles. The fraction of sp³-hybridized carbons (Fsp3) is 0.700. The molecule has 2 heterocycles. The van der Waals surface area contributed by atoms with Crippen LogP contribution in [-0.2, 0) is 31.6 Å². The Morgan fingerprint density at radius 3 is 1.95 bits per heavy atom. The maximum atomic E-state index is 13.4. The Morgan fingerprint density at radius 1 is 0.974 bits per heavy atom. The Labute approximate surface area is 227 Å². The molecule has 0 saturated carbocycles. The summed E-state index contributed by atoms with van der Waals surface area (Å²) in [7, 11) is 0. The molecule has 3 N–H and O–H groups in total. The van der Waals surface area contributed by atoms with E-state index in [1.165, 1.54) is 4.90 Å². The van der Waals surface area contributed by atoms with Crippen LogP contribution in [0, 0.1) is 0 Å². The molecule has 0 unspecified atom stereocenters. The highest BCUT2D eigenvalue weighted by Crippen LogP contribution is 2.41. The number of hydrogen-bond acceptors (Lipinski definition) is 6. The van der Waals surface area contributed by atoms with Crippen LogP contribution < -0.4 is 10.6 Å². The summed E-state index contributed by atoms with van der Waals surface area (Å²) in [6.07, 6.45) is 1.61. The number of hydrogen-bond donors (Lipinski definition) is 3. The van der Waals surface area contributed by atoms with Crippen molar-refractivity contribution in [3.8, 4) is 5.75 Å². The molecular weight excluding hydrogens is 482 g/mol. The highest BCUT2D eigenvalue weighted by Gasteiger charge is 2.58. The monoisotopic (exact) mass is 529 g/mol. The largest absolute Gasteiger partial charge is 0.507 e. The maximum Gasteiger partial charge on any atom is 0.325 e. The van der Waals surface area contributed by atoms with Crippen molar-refractivity contribution in [2.45, 2.75) is 122 Å². The summed E-state index contributed by atoms with van der Waals surface area (Å²) in [6.45, 7) is 20.4. The summed E-state index contributed by atoms with van der Waals surface area (Å²) in [5.41, 5.74) is 0.576. The Hall–Kier alpha value is -2.61. The summed E-state index contributed by atoms with van der Waals surface area (Å²) in [5, 5.41) is 17.4. The molecule has 8 heteroatoms. The van der Waals surface area contributed by atoms with Gasteiger partial charge in [-0.3, -0.25) is 14.5 Å². The van der Waals surface area contributed by atoms with Crippen LogP contribution in [0.25, 0.3) is 0 Å². The van der Waals surface area contributed by atoms with Crippen molar-refractivity contribution in [1.29, 1.82) is 0 Å². The summed E-state index contributed by atoms with van der Waals surface area (Å²) in [5.74, 6) is -0.337. The minimum atomic E-state index is -0.951. The number of carbonyl (C=O) groups excluding carboxylic acids is 3. The minimum absolute atomic E-state index is 0.0218. The molecule has 0 radical (unpaired) electrons. The second kappa shape index (κ2) is 9.85. The van der Waals surface area contributed by atoms with E-state index < -0.39 is 17.5 Å². The van der Waals surface area contributed by atoms with E-state index in [4.69, 9.17) is 4.74 Å².